The van der Waals surface area contributed by atoms with E-state index in [1.807, 2.05) is 0 Å². The first-order valence-corrected chi connectivity index (χ1v) is 3.94. The van der Waals surface area contributed by atoms with Crippen LogP contribution in [0.4, 0.5) is 4.39 Å². The Morgan fingerprint density at radius 3 is 2.47 bits per heavy atom. The molecule has 0 aliphatic rings. The molecular weight excluding hydrogens is 225 g/mol. The normalized spacial score (nSPS) is 11.7. The van der Waals surface area contributed by atoms with E-state index in [9.17, 15) is 14.3 Å². The van der Waals surface area contributed by atoms with Crippen LogP contribution in [0.25, 0.3) is 0 Å². The minimum Gasteiger partial charge on any atom is -0.505 e. The molecule has 1 aromatic rings. The molecule has 0 saturated carbocycles. The Morgan fingerprint density at radius 1 is 1.53 bits per heavy atom. The van der Waals surface area contributed by atoms with E-state index in [4.69, 9.17) is 10.8 Å². The summed E-state index contributed by atoms with van der Waals surface area (Å²) in [5.74, 6) is -2.83. The molecule has 0 saturated heterocycles. The zero-order valence-electron chi connectivity index (χ0n) is 7.90. The molecule has 84 valence electrons. The van der Waals surface area contributed by atoms with Crippen LogP contribution in [0, 0.1) is 5.82 Å². The van der Waals surface area contributed by atoms with E-state index in [1.54, 1.807) is 0 Å². The third-order valence-electron chi connectivity index (χ3n) is 1.83. The van der Waals surface area contributed by atoms with Crippen LogP contribution < -0.4 is 5.73 Å². The van der Waals surface area contributed by atoms with Crippen molar-refractivity contribution in [1.29, 1.82) is 0 Å². The number of hydrogen-bond donors (Lipinski definition) is 3. The van der Waals surface area contributed by atoms with E-state index in [2.05, 4.69) is 0 Å². The maximum absolute atomic E-state index is 13.0. The average molecular weight is 236 g/mol. The van der Waals surface area contributed by atoms with Crippen molar-refractivity contribution >= 4 is 18.4 Å². The number of carboxylic acid groups (broad SMARTS) is 1. The molecule has 0 spiro atoms. The molecule has 0 fully saturated rings. The Hall–Kier alpha value is -1.33. The monoisotopic (exact) mass is 235 g/mol. The van der Waals surface area contributed by atoms with Crippen LogP contribution in [0.2, 0.25) is 0 Å². The fourth-order valence-corrected chi connectivity index (χ4v) is 1.09. The number of benzene rings is 1. The van der Waals surface area contributed by atoms with E-state index >= 15 is 0 Å². The van der Waals surface area contributed by atoms with Gasteiger partial charge in [0.05, 0.1) is 5.56 Å². The second-order valence-electron chi connectivity index (χ2n) is 2.99. The molecule has 0 aliphatic carbocycles. The fourth-order valence-electron chi connectivity index (χ4n) is 1.09. The number of carbonyl (C=O) groups is 1. The van der Waals surface area contributed by atoms with Crippen LogP contribution >= 0.6 is 12.4 Å². The van der Waals surface area contributed by atoms with Gasteiger partial charge in [0, 0.05) is 11.6 Å². The van der Waals surface area contributed by atoms with E-state index in [0.29, 0.717) is 0 Å². The van der Waals surface area contributed by atoms with Crippen molar-refractivity contribution in [3.8, 4) is 5.75 Å². The largest absolute Gasteiger partial charge is 0.505 e. The van der Waals surface area contributed by atoms with Crippen LogP contribution in [0.3, 0.4) is 0 Å². The number of halogens is 2. The lowest BCUT2D eigenvalue weighted by atomic mass is 10.0. The topological polar surface area (TPSA) is 83.6 Å². The summed E-state index contributed by atoms with van der Waals surface area (Å²) in [7, 11) is 0. The number of phenols is 1. The lowest BCUT2D eigenvalue weighted by Gasteiger charge is -2.09. The van der Waals surface area contributed by atoms with Crippen molar-refractivity contribution < 1.29 is 19.4 Å². The summed E-state index contributed by atoms with van der Waals surface area (Å²) in [5.41, 5.74) is 5.29. The van der Waals surface area contributed by atoms with Gasteiger partial charge in [-0.1, -0.05) is 0 Å². The number of carboxylic acids is 1. The minimum absolute atomic E-state index is 0. The predicted molar refractivity (Wildman–Crippen MR) is 54.9 cm³/mol. The average Bonchev–Trinajstić information content (AvgIpc) is 2.08. The van der Waals surface area contributed by atoms with Gasteiger partial charge in [0.1, 0.15) is 0 Å². The maximum atomic E-state index is 13.0. The number of aromatic hydroxyl groups is 1. The summed E-state index contributed by atoms with van der Waals surface area (Å²) in [6.07, 6.45) is 0. The van der Waals surface area contributed by atoms with E-state index < -0.39 is 23.6 Å². The molecule has 0 unspecified atom stereocenters. The number of nitrogens with two attached hydrogens (primary N) is 1. The molecule has 0 bridgehead atoms. The van der Waals surface area contributed by atoms with Crippen molar-refractivity contribution in [3.05, 3.63) is 29.1 Å². The van der Waals surface area contributed by atoms with Gasteiger partial charge in [-0.25, -0.2) is 9.18 Å². The third kappa shape index (κ3) is 2.81. The van der Waals surface area contributed by atoms with Crippen LogP contribution in [0.15, 0.2) is 12.1 Å². The second-order valence-corrected chi connectivity index (χ2v) is 2.99. The molecule has 0 amide bonds. The van der Waals surface area contributed by atoms with Crippen molar-refractivity contribution in [2.75, 3.05) is 0 Å². The van der Waals surface area contributed by atoms with Gasteiger partial charge < -0.3 is 15.9 Å². The van der Waals surface area contributed by atoms with Crippen LogP contribution in [0.1, 0.15) is 28.9 Å². The first-order valence-electron chi connectivity index (χ1n) is 3.94. The standard InChI is InChI=1S/C9H10FNO3.ClH/c1-4(11)6-2-5(9(13)14)3-7(10)8(6)12;/h2-4,12H,11H2,1H3,(H,13,14);1H/t4-;/m0./s1. The van der Waals surface area contributed by atoms with Crippen molar-refractivity contribution in [3.63, 3.8) is 0 Å². The lowest BCUT2D eigenvalue weighted by molar-refractivity contribution is 0.0696. The first kappa shape index (κ1) is 13.7. The van der Waals surface area contributed by atoms with Gasteiger partial charge in [-0.3, -0.25) is 0 Å². The maximum Gasteiger partial charge on any atom is 0.335 e. The number of hydrogen-bond acceptors (Lipinski definition) is 3. The molecule has 0 heterocycles. The molecule has 4 N–H and O–H groups in total. The highest BCUT2D eigenvalue weighted by Gasteiger charge is 2.15. The molecule has 1 aromatic carbocycles. The van der Waals surface area contributed by atoms with E-state index in [-0.39, 0.29) is 23.5 Å². The highest BCUT2D eigenvalue weighted by molar-refractivity contribution is 5.88. The third-order valence-corrected chi connectivity index (χ3v) is 1.83. The fraction of sp³-hybridized carbons (Fsp3) is 0.222. The van der Waals surface area contributed by atoms with Gasteiger partial charge in [-0.15, -0.1) is 12.4 Å². The Balaban J connectivity index is 0.00000196. The van der Waals surface area contributed by atoms with Crippen molar-refractivity contribution in [2.45, 2.75) is 13.0 Å². The predicted octanol–water partition coefficient (Wildman–Crippen LogP) is 1.67. The Morgan fingerprint density at radius 2 is 2.07 bits per heavy atom. The second kappa shape index (κ2) is 4.95. The van der Waals surface area contributed by atoms with Crippen LogP contribution in [-0.2, 0) is 0 Å². The van der Waals surface area contributed by atoms with E-state index in [0.717, 1.165) is 12.1 Å². The Kier molecular flexibility index (Phi) is 4.51. The number of aromatic carboxylic acids is 1. The minimum atomic E-state index is -1.26. The Bertz CT molecular complexity index is 382. The Labute approximate surface area is 91.9 Å². The van der Waals surface area contributed by atoms with Gasteiger partial charge in [0.25, 0.3) is 0 Å². The van der Waals surface area contributed by atoms with Gasteiger partial charge in [0.15, 0.2) is 11.6 Å². The summed E-state index contributed by atoms with van der Waals surface area (Å²) in [4.78, 5) is 10.6. The number of phenolic OH excluding ortho intramolecular Hbond substituents is 1. The summed E-state index contributed by atoms with van der Waals surface area (Å²) in [5, 5.41) is 17.8. The van der Waals surface area contributed by atoms with Crippen LogP contribution in [0.5, 0.6) is 5.75 Å². The molecular formula is C9H11ClFNO3. The molecule has 6 heteroatoms. The highest BCUT2D eigenvalue weighted by Crippen LogP contribution is 2.27. The molecule has 0 radical (unpaired) electrons. The smallest absolute Gasteiger partial charge is 0.335 e. The zero-order valence-corrected chi connectivity index (χ0v) is 8.71. The summed E-state index contributed by atoms with van der Waals surface area (Å²) in [6, 6.07) is 1.29. The molecule has 15 heavy (non-hydrogen) atoms. The van der Waals surface area contributed by atoms with Crippen LogP contribution in [-0.4, -0.2) is 16.2 Å². The number of rotatable bonds is 2. The molecule has 0 aliphatic heterocycles. The van der Waals surface area contributed by atoms with Crippen molar-refractivity contribution in [1.82, 2.24) is 0 Å². The summed E-state index contributed by atoms with van der Waals surface area (Å²) < 4.78 is 13.0. The highest BCUT2D eigenvalue weighted by atomic mass is 35.5. The summed E-state index contributed by atoms with van der Waals surface area (Å²) in [6.45, 7) is 1.53. The van der Waals surface area contributed by atoms with Gasteiger partial charge in [-0.05, 0) is 19.1 Å². The SMILES string of the molecule is C[C@H](N)c1cc(C(=O)O)cc(F)c1O.Cl. The lowest BCUT2D eigenvalue weighted by Crippen LogP contribution is -2.08. The quantitative estimate of drug-likeness (QED) is 0.728. The zero-order chi connectivity index (χ0) is 10.9. The molecule has 1 rings (SSSR count). The first-order chi connectivity index (χ1) is 6.43. The van der Waals surface area contributed by atoms with Gasteiger partial charge >= 0.3 is 5.97 Å². The van der Waals surface area contributed by atoms with Crippen molar-refractivity contribution in [2.24, 2.45) is 5.73 Å². The molecule has 0 aromatic heterocycles. The van der Waals surface area contributed by atoms with Gasteiger partial charge in [0.2, 0.25) is 0 Å². The van der Waals surface area contributed by atoms with Gasteiger partial charge in [-0.2, -0.15) is 0 Å². The van der Waals surface area contributed by atoms with E-state index in [1.165, 1.54) is 6.92 Å². The molecule has 4 nitrogen and oxygen atoms in total. The molecule has 1 atom stereocenters. The summed E-state index contributed by atoms with van der Waals surface area (Å²) >= 11 is 0.